The van der Waals surface area contributed by atoms with Gasteiger partial charge in [-0.3, -0.25) is 4.98 Å². The molecule has 0 amide bonds. The summed E-state index contributed by atoms with van der Waals surface area (Å²) in [5, 5.41) is 3.34. The van der Waals surface area contributed by atoms with Crippen LogP contribution in [0, 0.1) is 6.92 Å². The van der Waals surface area contributed by atoms with Gasteiger partial charge in [0.05, 0.1) is 12.3 Å². The van der Waals surface area contributed by atoms with Gasteiger partial charge in [-0.15, -0.1) is 0 Å². The van der Waals surface area contributed by atoms with Gasteiger partial charge >= 0.3 is 0 Å². The fourth-order valence-corrected chi connectivity index (χ4v) is 2.90. The Bertz CT molecular complexity index is 898. The lowest BCUT2D eigenvalue weighted by atomic mass is 9.94. The lowest BCUT2D eigenvalue weighted by molar-refractivity contribution is 0.233. The van der Waals surface area contributed by atoms with Crippen LogP contribution in [0.25, 0.3) is 17.3 Å². The van der Waals surface area contributed by atoms with Crippen LogP contribution in [0.3, 0.4) is 0 Å². The number of nitrogens with one attached hydrogen (secondary N) is 1. The van der Waals surface area contributed by atoms with E-state index in [1.165, 1.54) is 5.57 Å². The number of hydrogen-bond donors (Lipinski definition) is 1. The summed E-state index contributed by atoms with van der Waals surface area (Å²) in [4.78, 5) is 13.2. The Balaban J connectivity index is 2.40. The standard InChI is InChI=1S/C24H30N4O/c1-6-20(23(18(2)3)16-26-11-7-8-13-29-5)14-22-19(4)27-17-28-24(22)21-10-9-12-25-15-21/h7-10,12,14-17,26H,2,6,11,13H2,1,3-5H3/b8-7-,20-14+,23-16+. The van der Waals surface area contributed by atoms with E-state index >= 15 is 0 Å². The fraction of sp³-hybridized carbons (Fsp3) is 0.292. The van der Waals surface area contributed by atoms with Crippen molar-refractivity contribution < 1.29 is 4.74 Å². The summed E-state index contributed by atoms with van der Waals surface area (Å²) < 4.78 is 5.02. The third kappa shape index (κ3) is 6.50. The Hall–Kier alpha value is -3.05. The van der Waals surface area contributed by atoms with Crippen LogP contribution in [0.2, 0.25) is 0 Å². The van der Waals surface area contributed by atoms with Crippen molar-refractivity contribution in [1.82, 2.24) is 20.3 Å². The van der Waals surface area contributed by atoms with Gasteiger partial charge in [0, 0.05) is 49.1 Å². The Morgan fingerprint density at radius 2 is 2.10 bits per heavy atom. The molecule has 0 spiro atoms. The molecule has 0 unspecified atom stereocenters. The Morgan fingerprint density at radius 3 is 2.76 bits per heavy atom. The third-order valence-corrected chi connectivity index (χ3v) is 4.43. The second-order valence-electron chi connectivity index (χ2n) is 6.66. The first-order valence-corrected chi connectivity index (χ1v) is 9.74. The van der Waals surface area contributed by atoms with Gasteiger partial charge in [0.2, 0.25) is 0 Å². The first kappa shape index (κ1) is 22.2. The quantitative estimate of drug-likeness (QED) is 0.355. The molecule has 0 aromatic carbocycles. The summed E-state index contributed by atoms with van der Waals surface area (Å²) >= 11 is 0. The zero-order valence-electron chi connectivity index (χ0n) is 17.8. The molecule has 2 rings (SSSR count). The third-order valence-electron chi connectivity index (χ3n) is 4.43. The van der Waals surface area contributed by atoms with Crippen LogP contribution in [0.5, 0.6) is 0 Å². The molecule has 2 heterocycles. The minimum Gasteiger partial charge on any atom is -0.387 e. The molecule has 2 aromatic rings. The van der Waals surface area contributed by atoms with Gasteiger partial charge in [0.25, 0.3) is 0 Å². The lowest BCUT2D eigenvalue weighted by Crippen LogP contribution is -2.07. The molecule has 0 aliphatic carbocycles. The topological polar surface area (TPSA) is 59.9 Å². The van der Waals surface area contributed by atoms with Gasteiger partial charge in [0.15, 0.2) is 0 Å². The largest absolute Gasteiger partial charge is 0.387 e. The highest BCUT2D eigenvalue weighted by molar-refractivity contribution is 5.75. The van der Waals surface area contributed by atoms with Crippen molar-refractivity contribution in [1.29, 1.82) is 0 Å². The minimum absolute atomic E-state index is 0.614. The van der Waals surface area contributed by atoms with Crippen molar-refractivity contribution in [2.24, 2.45) is 0 Å². The molecule has 0 saturated carbocycles. The lowest BCUT2D eigenvalue weighted by Gasteiger charge is -2.14. The van der Waals surface area contributed by atoms with E-state index in [0.29, 0.717) is 6.61 Å². The molecule has 5 nitrogen and oxygen atoms in total. The molecule has 0 bridgehead atoms. The second-order valence-corrected chi connectivity index (χ2v) is 6.66. The smallest absolute Gasteiger partial charge is 0.116 e. The highest BCUT2D eigenvalue weighted by Gasteiger charge is 2.12. The molecule has 152 valence electrons. The van der Waals surface area contributed by atoms with Crippen molar-refractivity contribution in [2.75, 3.05) is 20.3 Å². The molecule has 1 N–H and O–H groups in total. The van der Waals surface area contributed by atoms with Crippen molar-refractivity contribution in [3.8, 4) is 11.3 Å². The predicted octanol–water partition coefficient (Wildman–Crippen LogP) is 4.89. The molecule has 0 atom stereocenters. The van der Waals surface area contributed by atoms with Crippen LogP contribution < -0.4 is 5.32 Å². The van der Waals surface area contributed by atoms with Crippen LogP contribution in [0.15, 0.2) is 72.5 Å². The van der Waals surface area contributed by atoms with Crippen LogP contribution in [-0.4, -0.2) is 35.2 Å². The molecule has 0 fully saturated rings. The maximum Gasteiger partial charge on any atom is 0.116 e. The summed E-state index contributed by atoms with van der Waals surface area (Å²) in [6.45, 7) is 11.7. The molecule has 2 aromatic heterocycles. The summed E-state index contributed by atoms with van der Waals surface area (Å²) in [7, 11) is 1.68. The number of aromatic nitrogens is 3. The summed E-state index contributed by atoms with van der Waals surface area (Å²) in [6, 6.07) is 3.93. The highest BCUT2D eigenvalue weighted by Crippen LogP contribution is 2.28. The zero-order chi connectivity index (χ0) is 21.1. The van der Waals surface area contributed by atoms with Crippen molar-refractivity contribution in [2.45, 2.75) is 27.2 Å². The molecule has 0 aliphatic rings. The number of methoxy groups -OCH3 is 1. The Labute approximate surface area is 174 Å². The van der Waals surface area contributed by atoms with Gasteiger partial charge in [0.1, 0.15) is 6.33 Å². The van der Waals surface area contributed by atoms with E-state index in [4.69, 9.17) is 4.74 Å². The average Bonchev–Trinajstić information content (AvgIpc) is 2.73. The van der Waals surface area contributed by atoms with Gasteiger partial charge in [-0.2, -0.15) is 0 Å². The van der Waals surface area contributed by atoms with Gasteiger partial charge in [-0.1, -0.05) is 25.7 Å². The summed E-state index contributed by atoms with van der Waals surface area (Å²) in [5.41, 5.74) is 7.06. The normalized spacial score (nSPS) is 12.4. The first-order valence-electron chi connectivity index (χ1n) is 9.74. The van der Waals surface area contributed by atoms with Crippen molar-refractivity contribution >= 4 is 6.08 Å². The van der Waals surface area contributed by atoms with E-state index in [0.717, 1.165) is 46.6 Å². The monoisotopic (exact) mass is 390 g/mol. The molecule has 5 heteroatoms. The van der Waals surface area contributed by atoms with Crippen LogP contribution in [-0.2, 0) is 4.74 Å². The maximum absolute atomic E-state index is 5.02. The number of ether oxygens (including phenoxy) is 1. The highest BCUT2D eigenvalue weighted by atomic mass is 16.5. The van der Waals surface area contributed by atoms with E-state index in [-0.39, 0.29) is 0 Å². The molecule has 0 saturated heterocycles. The fourth-order valence-electron chi connectivity index (χ4n) is 2.90. The molecule has 0 aliphatic heterocycles. The van der Waals surface area contributed by atoms with E-state index in [1.54, 1.807) is 19.6 Å². The van der Waals surface area contributed by atoms with Gasteiger partial charge in [-0.05, 0) is 55.2 Å². The maximum atomic E-state index is 5.02. The van der Waals surface area contributed by atoms with E-state index in [9.17, 15) is 0 Å². The number of pyridine rings is 1. The molecular weight excluding hydrogens is 360 g/mol. The average molecular weight is 391 g/mol. The Morgan fingerprint density at radius 1 is 1.28 bits per heavy atom. The number of hydrogen-bond acceptors (Lipinski definition) is 5. The van der Waals surface area contributed by atoms with E-state index in [1.807, 2.05) is 50.5 Å². The SMILES string of the molecule is C=C(C)C(=C\NC/C=C\COC)/C(=C/c1c(C)ncnc1-c1cccnc1)CC. The zero-order valence-corrected chi connectivity index (χ0v) is 17.8. The number of nitrogens with zero attached hydrogens (tertiary/aromatic N) is 3. The summed E-state index contributed by atoms with van der Waals surface area (Å²) in [6.07, 6.45) is 14.3. The van der Waals surface area contributed by atoms with Gasteiger partial charge < -0.3 is 10.1 Å². The van der Waals surface area contributed by atoms with Crippen LogP contribution >= 0.6 is 0 Å². The second kappa shape index (κ2) is 11.7. The Kier molecular flexibility index (Phi) is 8.99. The van der Waals surface area contributed by atoms with E-state index in [2.05, 4.69) is 39.8 Å². The first-order chi connectivity index (χ1) is 14.1. The number of allylic oxidation sites excluding steroid dienone is 3. The van der Waals surface area contributed by atoms with Crippen LogP contribution in [0.1, 0.15) is 31.5 Å². The summed E-state index contributed by atoms with van der Waals surface area (Å²) in [5.74, 6) is 0. The minimum atomic E-state index is 0.614. The van der Waals surface area contributed by atoms with E-state index < -0.39 is 0 Å². The number of rotatable bonds is 10. The van der Waals surface area contributed by atoms with Gasteiger partial charge in [-0.25, -0.2) is 9.97 Å². The van der Waals surface area contributed by atoms with Crippen LogP contribution in [0.4, 0.5) is 0 Å². The number of aryl methyl sites for hydroxylation is 1. The van der Waals surface area contributed by atoms with Crippen molar-refractivity contribution in [3.05, 3.63) is 83.8 Å². The predicted molar refractivity (Wildman–Crippen MR) is 120 cm³/mol. The molecule has 0 radical (unpaired) electrons. The van der Waals surface area contributed by atoms with Crippen molar-refractivity contribution in [3.63, 3.8) is 0 Å². The molecular formula is C24H30N4O. The molecule has 29 heavy (non-hydrogen) atoms.